The van der Waals surface area contributed by atoms with Crippen LogP contribution in [0.4, 0.5) is 0 Å². The quantitative estimate of drug-likeness (QED) is 0.0899. The third-order valence-electron chi connectivity index (χ3n) is 18.1. The maximum atomic E-state index is 7.57. The predicted molar refractivity (Wildman–Crippen MR) is 291 cm³/mol. The molecule has 346 valence electrons. The summed E-state index contributed by atoms with van der Waals surface area (Å²) in [5.74, 6) is 6.27. The minimum atomic E-state index is -2.30. The molecular formula is C64H70O2P2+2. The first-order chi connectivity index (χ1) is 33.2. The zero-order valence-corrected chi connectivity index (χ0v) is 42.5. The molecule has 2 nitrogen and oxygen atoms in total. The Bertz CT molecular complexity index is 2380. The van der Waals surface area contributed by atoms with Gasteiger partial charge in [-0.15, -0.1) is 0 Å². The van der Waals surface area contributed by atoms with E-state index in [1.807, 2.05) is 0 Å². The van der Waals surface area contributed by atoms with Crippen molar-refractivity contribution in [3.8, 4) is 11.5 Å². The van der Waals surface area contributed by atoms with Crippen LogP contribution in [0.15, 0.2) is 194 Å². The highest BCUT2D eigenvalue weighted by Gasteiger charge is 2.56. The maximum absolute atomic E-state index is 7.57. The van der Waals surface area contributed by atoms with E-state index in [2.05, 4.69) is 222 Å². The van der Waals surface area contributed by atoms with Gasteiger partial charge >= 0.3 is 0 Å². The fraction of sp³-hybridized carbons (Fsp3) is 0.344. The minimum Gasteiger partial charge on any atom is -0.493 e. The molecule has 0 amide bonds. The number of hydrogen-bond donors (Lipinski definition) is 0. The Morgan fingerprint density at radius 3 is 0.882 bits per heavy atom. The van der Waals surface area contributed by atoms with Crippen LogP contribution in [0.3, 0.4) is 0 Å². The molecule has 0 aromatic heterocycles. The molecule has 0 heterocycles. The van der Waals surface area contributed by atoms with Gasteiger partial charge in [-0.3, -0.25) is 0 Å². The summed E-state index contributed by atoms with van der Waals surface area (Å²) in [7, 11) is -4.59. The molecule has 6 aliphatic rings. The molecule has 6 fully saturated rings. The van der Waals surface area contributed by atoms with Crippen LogP contribution in [0.1, 0.15) is 77.3 Å². The Morgan fingerprint density at radius 2 is 0.647 bits per heavy atom. The lowest BCUT2D eigenvalue weighted by Gasteiger charge is -2.60. The van der Waals surface area contributed by atoms with Crippen molar-refractivity contribution in [3.63, 3.8) is 0 Å². The SMILES string of the molecule is CC1(C)[C@H]2CC[C@@H](COc3cc(C[P+](c4ccccc4)(c4ccccc4)c4ccccc4)c(OC[C@@H]4CC[C@H]5C[C@@H]4C5(C)C)cc3C[P+](c3ccccc3)(c3ccccc3)c3ccccc3)[C@@H]1C2. The van der Waals surface area contributed by atoms with Gasteiger partial charge in [0.25, 0.3) is 0 Å². The number of benzene rings is 7. The van der Waals surface area contributed by atoms with Crippen molar-refractivity contribution in [1.82, 2.24) is 0 Å². The van der Waals surface area contributed by atoms with E-state index in [0.717, 1.165) is 48.9 Å². The van der Waals surface area contributed by atoms with Gasteiger partial charge in [-0.25, -0.2) is 0 Å². The highest BCUT2D eigenvalue weighted by atomic mass is 31.2. The summed E-state index contributed by atoms with van der Waals surface area (Å²) < 4.78 is 15.1. The molecule has 13 rings (SSSR count). The number of ether oxygens (including phenoxy) is 2. The van der Waals surface area contributed by atoms with Gasteiger partial charge in [0.05, 0.1) is 13.2 Å². The van der Waals surface area contributed by atoms with Gasteiger partial charge in [-0.05, 0) is 170 Å². The second kappa shape index (κ2) is 18.7. The average Bonchev–Trinajstić information content (AvgIpc) is 3.40. The van der Waals surface area contributed by atoms with Crippen LogP contribution < -0.4 is 41.3 Å². The molecule has 4 bridgehead atoms. The Morgan fingerprint density at radius 1 is 0.382 bits per heavy atom. The van der Waals surface area contributed by atoms with Crippen LogP contribution >= 0.6 is 14.5 Å². The first kappa shape index (κ1) is 45.4. The molecule has 0 spiro atoms. The van der Waals surface area contributed by atoms with E-state index in [4.69, 9.17) is 9.47 Å². The fourth-order valence-electron chi connectivity index (χ4n) is 13.9. The van der Waals surface area contributed by atoms with Crippen LogP contribution in [0.2, 0.25) is 0 Å². The zero-order chi connectivity index (χ0) is 46.4. The standard InChI is InChI=1S/C64H70O2P2/c1-63(2)51-37-35-47(59(63)41-51)43-65-61-39-50(46-68(56-29-17-8-18-30-56,57-31-19-9-20-32-57)58-33-21-10-22-34-58)62(66-44-48-36-38-52-42-60(48)64(52,3)4)40-49(61)45-67(53-23-11-5-12-24-53,54-25-13-6-14-26-54)55-27-15-7-16-28-55/h5-34,39-40,47-48,51-52,59-60H,35-38,41-46H2,1-4H3/q+2/t47-,48-,51-,52-,59-,60-/m0/s1. The molecule has 4 heteroatoms. The molecule has 6 aliphatic carbocycles. The molecule has 7 aromatic rings. The predicted octanol–water partition coefficient (Wildman–Crippen LogP) is 13.6. The zero-order valence-electron chi connectivity index (χ0n) is 40.7. The summed E-state index contributed by atoms with van der Waals surface area (Å²) in [4.78, 5) is 0. The van der Waals surface area contributed by atoms with E-state index >= 15 is 0 Å². The second-order valence-electron chi connectivity index (χ2n) is 22.0. The molecule has 0 saturated heterocycles. The summed E-state index contributed by atoms with van der Waals surface area (Å²) >= 11 is 0. The van der Waals surface area contributed by atoms with Crippen molar-refractivity contribution >= 4 is 46.4 Å². The fourth-order valence-corrected chi connectivity index (χ4v) is 22.4. The minimum absolute atomic E-state index is 0.381. The largest absolute Gasteiger partial charge is 0.493 e. The Labute approximate surface area is 408 Å². The van der Waals surface area contributed by atoms with E-state index in [-0.39, 0.29) is 0 Å². The van der Waals surface area contributed by atoms with Crippen LogP contribution in [0.5, 0.6) is 11.5 Å². The lowest BCUT2D eigenvalue weighted by Crippen LogP contribution is -2.53. The first-order valence-corrected chi connectivity index (χ1v) is 29.6. The van der Waals surface area contributed by atoms with E-state index in [0.29, 0.717) is 34.5 Å². The van der Waals surface area contributed by atoms with Gasteiger partial charge in [0.2, 0.25) is 0 Å². The Hall–Kier alpha value is -5.00. The van der Waals surface area contributed by atoms with E-state index < -0.39 is 14.5 Å². The number of hydrogen-bond acceptors (Lipinski definition) is 2. The molecule has 0 unspecified atom stereocenters. The van der Waals surface area contributed by atoms with Crippen LogP contribution in [-0.2, 0) is 12.3 Å². The maximum Gasteiger partial charge on any atom is 0.126 e. The van der Waals surface area contributed by atoms with Crippen molar-refractivity contribution in [2.75, 3.05) is 13.2 Å². The normalized spacial score (nSPS) is 23.4. The molecule has 0 aliphatic heterocycles. The van der Waals surface area contributed by atoms with E-state index in [9.17, 15) is 0 Å². The number of rotatable bonds is 16. The van der Waals surface area contributed by atoms with Gasteiger partial charge in [0.15, 0.2) is 0 Å². The highest BCUT2D eigenvalue weighted by molar-refractivity contribution is 7.95. The lowest BCUT2D eigenvalue weighted by molar-refractivity contribution is -0.114. The molecular weight excluding hydrogens is 863 g/mol. The van der Waals surface area contributed by atoms with Crippen LogP contribution in [0.25, 0.3) is 0 Å². The summed E-state index contributed by atoms with van der Waals surface area (Å²) in [6.07, 6.45) is 9.47. The highest BCUT2D eigenvalue weighted by Crippen LogP contribution is 2.65. The third kappa shape index (κ3) is 8.07. The molecule has 0 radical (unpaired) electrons. The van der Waals surface area contributed by atoms with E-state index in [1.165, 1.54) is 81.5 Å². The summed E-state index contributed by atoms with van der Waals surface area (Å²) in [5.41, 5.74) is 3.27. The third-order valence-corrected chi connectivity index (χ3v) is 26.9. The Kier molecular flexibility index (Phi) is 12.5. The van der Waals surface area contributed by atoms with Crippen molar-refractivity contribution in [2.24, 2.45) is 46.3 Å². The van der Waals surface area contributed by atoms with Gasteiger partial charge in [-0.1, -0.05) is 137 Å². The molecule has 6 saturated carbocycles. The van der Waals surface area contributed by atoms with Crippen molar-refractivity contribution in [2.45, 2.75) is 78.5 Å². The molecule has 6 atom stereocenters. The second-order valence-corrected chi connectivity index (χ2v) is 29.0. The van der Waals surface area contributed by atoms with E-state index in [1.54, 1.807) is 0 Å². The molecule has 0 N–H and O–H groups in total. The molecule has 68 heavy (non-hydrogen) atoms. The van der Waals surface area contributed by atoms with Gasteiger partial charge < -0.3 is 9.47 Å². The summed E-state index contributed by atoms with van der Waals surface area (Å²) in [6, 6.07) is 73.4. The van der Waals surface area contributed by atoms with Gasteiger partial charge in [-0.2, -0.15) is 0 Å². The lowest BCUT2D eigenvalue weighted by atomic mass is 9.46. The monoisotopic (exact) mass is 932 g/mol. The van der Waals surface area contributed by atoms with Crippen LogP contribution in [-0.4, -0.2) is 13.2 Å². The van der Waals surface area contributed by atoms with Crippen molar-refractivity contribution in [3.05, 3.63) is 205 Å². The Balaban J connectivity index is 1.12. The van der Waals surface area contributed by atoms with Crippen molar-refractivity contribution < 1.29 is 9.47 Å². The average molecular weight is 933 g/mol. The summed E-state index contributed by atoms with van der Waals surface area (Å²) in [5, 5.41) is 8.31. The number of fused-ring (bicyclic) bond motifs is 4. The molecule has 7 aromatic carbocycles. The topological polar surface area (TPSA) is 18.5 Å². The first-order valence-electron chi connectivity index (χ1n) is 25.7. The van der Waals surface area contributed by atoms with Crippen molar-refractivity contribution in [1.29, 1.82) is 0 Å². The summed E-state index contributed by atoms with van der Waals surface area (Å²) in [6.45, 7) is 11.6. The van der Waals surface area contributed by atoms with Crippen LogP contribution in [0, 0.1) is 46.3 Å². The van der Waals surface area contributed by atoms with Gasteiger partial charge in [0, 0.05) is 11.1 Å². The smallest absolute Gasteiger partial charge is 0.126 e. The van der Waals surface area contributed by atoms with Gasteiger partial charge in [0.1, 0.15) is 70.2 Å².